The number of fused-ring (bicyclic) bond motifs is 1. The molecule has 134 valence electrons. The minimum Gasteiger partial charge on any atom is -0.492 e. The number of aryl methyl sites for hydroxylation is 1. The van der Waals surface area contributed by atoms with Gasteiger partial charge in [0.2, 0.25) is 0 Å². The molecule has 0 aliphatic carbocycles. The number of carbonyl (C=O) groups excluding carboxylic acids is 1. The summed E-state index contributed by atoms with van der Waals surface area (Å²) in [6, 6.07) is 17.0. The fraction of sp³-hybridized carbons (Fsp3) is 0.227. The van der Waals surface area contributed by atoms with E-state index in [0.717, 1.165) is 33.7 Å². The zero-order chi connectivity index (χ0) is 18.5. The van der Waals surface area contributed by atoms with Gasteiger partial charge in [-0.25, -0.2) is 4.79 Å². The minimum atomic E-state index is -0.398. The lowest BCUT2D eigenvalue weighted by atomic mass is 10.00. The van der Waals surface area contributed by atoms with Crippen LogP contribution in [0.25, 0.3) is 10.8 Å². The van der Waals surface area contributed by atoms with Crippen LogP contribution in [0.3, 0.4) is 0 Å². The lowest BCUT2D eigenvalue weighted by Crippen LogP contribution is -2.13. The number of unbranched alkanes of at least 4 members (excludes halogenated alkanes) is 1. The summed E-state index contributed by atoms with van der Waals surface area (Å²) in [5, 5.41) is 1.94. The Kier molecular flexibility index (Phi) is 5.94. The van der Waals surface area contributed by atoms with E-state index >= 15 is 0 Å². The predicted octanol–water partition coefficient (Wildman–Crippen LogP) is 6.31. The first-order valence-corrected chi connectivity index (χ1v) is 9.52. The number of rotatable bonds is 6. The second-order valence-corrected chi connectivity index (χ2v) is 7.08. The maximum atomic E-state index is 12.9. The third-order valence-electron chi connectivity index (χ3n) is 4.15. The van der Waals surface area contributed by atoms with Crippen molar-refractivity contribution in [3.63, 3.8) is 0 Å². The van der Waals surface area contributed by atoms with Gasteiger partial charge in [-0.2, -0.15) is 0 Å². The first kappa shape index (κ1) is 18.5. The van der Waals surface area contributed by atoms with Gasteiger partial charge >= 0.3 is 5.97 Å². The number of para-hydroxylation sites is 1. The molecule has 0 unspecified atom stereocenters. The van der Waals surface area contributed by atoms with Crippen molar-refractivity contribution in [2.45, 2.75) is 26.7 Å². The predicted molar refractivity (Wildman–Crippen MR) is 108 cm³/mol. The fourth-order valence-corrected chi connectivity index (χ4v) is 3.23. The number of hydrogen-bond acceptors (Lipinski definition) is 3. The van der Waals surface area contributed by atoms with Gasteiger partial charge in [-0.15, -0.1) is 0 Å². The Morgan fingerprint density at radius 1 is 1.08 bits per heavy atom. The monoisotopic (exact) mass is 412 g/mol. The lowest BCUT2D eigenvalue weighted by Gasteiger charge is -2.16. The lowest BCUT2D eigenvalue weighted by molar-refractivity contribution is 0.0729. The molecule has 3 aromatic carbocycles. The van der Waals surface area contributed by atoms with Gasteiger partial charge in [0.1, 0.15) is 17.1 Å². The summed E-state index contributed by atoms with van der Waals surface area (Å²) in [6.45, 7) is 4.59. The maximum Gasteiger partial charge on any atom is 0.347 e. The Morgan fingerprint density at radius 3 is 2.58 bits per heavy atom. The van der Waals surface area contributed by atoms with Gasteiger partial charge in [-0.05, 0) is 54.6 Å². The smallest absolute Gasteiger partial charge is 0.347 e. The molecule has 0 spiro atoms. The number of esters is 1. The first-order valence-electron chi connectivity index (χ1n) is 8.73. The average Bonchev–Trinajstić information content (AvgIpc) is 2.62. The summed E-state index contributed by atoms with van der Waals surface area (Å²) in [5.74, 6) is 0.721. The van der Waals surface area contributed by atoms with Crippen LogP contribution in [0.15, 0.2) is 59.1 Å². The quantitative estimate of drug-likeness (QED) is 0.270. The summed E-state index contributed by atoms with van der Waals surface area (Å²) < 4.78 is 12.6. The Labute approximate surface area is 162 Å². The largest absolute Gasteiger partial charge is 0.492 e. The third kappa shape index (κ3) is 4.07. The van der Waals surface area contributed by atoms with Gasteiger partial charge in [-0.1, -0.05) is 53.5 Å². The number of halogens is 1. The highest BCUT2D eigenvalue weighted by Crippen LogP contribution is 2.35. The summed E-state index contributed by atoms with van der Waals surface area (Å²) in [7, 11) is 0. The molecule has 0 N–H and O–H groups in total. The van der Waals surface area contributed by atoms with E-state index in [1.165, 1.54) is 0 Å². The summed E-state index contributed by atoms with van der Waals surface area (Å²) in [5.41, 5.74) is 1.32. The van der Waals surface area contributed by atoms with E-state index in [-0.39, 0.29) is 0 Å². The molecule has 0 fully saturated rings. The number of benzene rings is 3. The summed E-state index contributed by atoms with van der Waals surface area (Å²) in [4.78, 5) is 12.9. The van der Waals surface area contributed by atoms with Crippen LogP contribution in [0.1, 0.15) is 35.7 Å². The zero-order valence-corrected chi connectivity index (χ0v) is 16.5. The van der Waals surface area contributed by atoms with E-state index in [2.05, 4.69) is 22.9 Å². The molecule has 0 bridgehead atoms. The molecular weight excluding hydrogens is 392 g/mol. The topological polar surface area (TPSA) is 35.5 Å². The standard InChI is InChI=1S/C22H21BrO3/c1-3-4-12-25-21-19-11-10-17(23)14-16(19)13-15(2)20(21)22(24)26-18-8-6-5-7-9-18/h5-11,13-14H,3-4,12H2,1-2H3. The second kappa shape index (κ2) is 8.37. The van der Waals surface area contributed by atoms with E-state index in [0.29, 0.717) is 23.7 Å². The van der Waals surface area contributed by atoms with Crippen LogP contribution in [-0.2, 0) is 0 Å². The van der Waals surface area contributed by atoms with Crippen molar-refractivity contribution < 1.29 is 14.3 Å². The minimum absolute atomic E-state index is 0.398. The summed E-state index contributed by atoms with van der Waals surface area (Å²) in [6.07, 6.45) is 1.96. The Bertz CT molecular complexity index is 920. The highest BCUT2D eigenvalue weighted by Gasteiger charge is 2.21. The Hall–Kier alpha value is -2.33. The average molecular weight is 413 g/mol. The van der Waals surface area contributed by atoms with Gasteiger partial charge in [0.25, 0.3) is 0 Å². The van der Waals surface area contributed by atoms with Crippen LogP contribution in [0, 0.1) is 6.92 Å². The molecule has 0 aliphatic heterocycles. The molecule has 3 aromatic rings. The normalized spacial score (nSPS) is 10.7. The molecule has 0 heterocycles. The molecule has 0 saturated carbocycles. The molecule has 0 aliphatic rings. The SMILES string of the molecule is CCCCOc1c(C(=O)Oc2ccccc2)c(C)cc2cc(Br)ccc12. The Balaban J connectivity index is 2.06. The van der Waals surface area contributed by atoms with Gasteiger partial charge < -0.3 is 9.47 Å². The molecule has 0 radical (unpaired) electrons. The number of ether oxygens (including phenoxy) is 2. The second-order valence-electron chi connectivity index (χ2n) is 6.17. The molecule has 3 nitrogen and oxygen atoms in total. The molecular formula is C22H21BrO3. The van der Waals surface area contributed by atoms with Crippen molar-refractivity contribution in [2.75, 3.05) is 6.61 Å². The molecule has 0 atom stereocenters. The van der Waals surface area contributed by atoms with Crippen LogP contribution < -0.4 is 9.47 Å². The van der Waals surface area contributed by atoms with Crippen molar-refractivity contribution in [3.8, 4) is 11.5 Å². The zero-order valence-electron chi connectivity index (χ0n) is 14.9. The summed E-state index contributed by atoms with van der Waals surface area (Å²) >= 11 is 3.50. The van der Waals surface area contributed by atoms with Gasteiger partial charge in [0.05, 0.1) is 6.61 Å². The van der Waals surface area contributed by atoms with E-state index in [1.54, 1.807) is 12.1 Å². The number of carbonyl (C=O) groups is 1. The number of hydrogen-bond donors (Lipinski definition) is 0. The highest BCUT2D eigenvalue weighted by molar-refractivity contribution is 9.10. The molecule has 4 heteroatoms. The van der Waals surface area contributed by atoms with Crippen molar-refractivity contribution in [3.05, 3.63) is 70.2 Å². The molecule has 26 heavy (non-hydrogen) atoms. The van der Waals surface area contributed by atoms with E-state index in [9.17, 15) is 4.79 Å². The van der Waals surface area contributed by atoms with Gasteiger partial charge in [0, 0.05) is 9.86 Å². The van der Waals surface area contributed by atoms with Crippen molar-refractivity contribution in [1.29, 1.82) is 0 Å². The third-order valence-corrected chi connectivity index (χ3v) is 4.65. The van der Waals surface area contributed by atoms with Gasteiger partial charge in [0.15, 0.2) is 0 Å². The van der Waals surface area contributed by atoms with Crippen LogP contribution in [0.4, 0.5) is 0 Å². The fourth-order valence-electron chi connectivity index (χ4n) is 2.85. The van der Waals surface area contributed by atoms with Crippen LogP contribution in [0.5, 0.6) is 11.5 Å². The van der Waals surface area contributed by atoms with Crippen LogP contribution >= 0.6 is 15.9 Å². The van der Waals surface area contributed by atoms with E-state index in [1.807, 2.05) is 49.4 Å². The van der Waals surface area contributed by atoms with Crippen molar-refractivity contribution >= 4 is 32.7 Å². The maximum absolute atomic E-state index is 12.9. The van der Waals surface area contributed by atoms with E-state index in [4.69, 9.17) is 9.47 Å². The van der Waals surface area contributed by atoms with Crippen LogP contribution in [-0.4, -0.2) is 12.6 Å². The molecule has 3 rings (SSSR count). The van der Waals surface area contributed by atoms with E-state index < -0.39 is 5.97 Å². The molecule has 0 amide bonds. The van der Waals surface area contributed by atoms with Crippen molar-refractivity contribution in [1.82, 2.24) is 0 Å². The highest BCUT2D eigenvalue weighted by atomic mass is 79.9. The first-order chi connectivity index (χ1) is 12.6. The van der Waals surface area contributed by atoms with Crippen LogP contribution in [0.2, 0.25) is 0 Å². The van der Waals surface area contributed by atoms with Crippen molar-refractivity contribution in [2.24, 2.45) is 0 Å². The molecule has 0 aromatic heterocycles. The van der Waals surface area contributed by atoms with Gasteiger partial charge in [-0.3, -0.25) is 0 Å². The Morgan fingerprint density at radius 2 is 1.85 bits per heavy atom. The molecule has 0 saturated heterocycles.